The fraction of sp³-hybridized carbons (Fsp3) is 0.0417. The van der Waals surface area contributed by atoms with Gasteiger partial charge in [-0.15, -0.1) is 0 Å². The second kappa shape index (κ2) is 9.15. The maximum Gasteiger partial charge on any atom is 0.335 e. The third-order valence-corrected chi connectivity index (χ3v) is 4.82. The van der Waals surface area contributed by atoms with Gasteiger partial charge in [0.25, 0.3) is 17.5 Å². The number of hydrogen-bond donors (Lipinski definition) is 1. The Morgan fingerprint density at radius 3 is 2.45 bits per heavy atom. The van der Waals surface area contributed by atoms with Gasteiger partial charge in [0.1, 0.15) is 17.9 Å². The molecular weight excluding hydrogens is 426 g/mol. The van der Waals surface area contributed by atoms with E-state index in [0.717, 1.165) is 11.6 Å². The summed E-state index contributed by atoms with van der Waals surface area (Å²) in [5.74, 6) is -1.22. The molecule has 33 heavy (non-hydrogen) atoms. The fourth-order valence-corrected chi connectivity index (χ4v) is 3.24. The van der Waals surface area contributed by atoms with Crippen molar-refractivity contribution in [3.8, 4) is 5.75 Å². The number of rotatable bonds is 6. The van der Waals surface area contributed by atoms with E-state index in [2.05, 4.69) is 5.32 Å². The van der Waals surface area contributed by atoms with Crippen LogP contribution in [-0.4, -0.2) is 22.8 Å². The van der Waals surface area contributed by atoms with Crippen molar-refractivity contribution >= 4 is 35.3 Å². The number of anilines is 1. The lowest BCUT2D eigenvalue weighted by atomic mass is 10.1. The number of carbonyl (C=O) groups excluding carboxylic acids is 3. The van der Waals surface area contributed by atoms with E-state index in [4.69, 9.17) is 4.74 Å². The molecule has 3 aromatic carbocycles. The summed E-state index contributed by atoms with van der Waals surface area (Å²) < 4.78 is 5.78. The molecular formula is C24H17N3O6. The van der Waals surface area contributed by atoms with E-state index in [1.54, 1.807) is 24.3 Å². The fourth-order valence-electron chi connectivity index (χ4n) is 3.24. The molecule has 9 heteroatoms. The number of nitrogens with zero attached hydrogens (tertiary/aromatic N) is 2. The summed E-state index contributed by atoms with van der Waals surface area (Å²) in [5, 5.41) is 13.2. The quantitative estimate of drug-likeness (QED) is 0.268. The van der Waals surface area contributed by atoms with Crippen molar-refractivity contribution in [1.29, 1.82) is 0 Å². The molecule has 164 valence electrons. The average Bonchev–Trinajstić information content (AvgIpc) is 2.81. The van der Waals surface area contributed by atoms with Crippen molar-refractivity contribution in [2.45, 2.75) is 6.61 Å². The van der Waals surface area contributed by atoms with Crippen LogP contribution >= 0.6 is 0 Å². The second-order valence-electron chi connectivity index (χ2n) is 7.08. The maximum atomic E-state index is 13.0. The van der Waals surface area contributed by atoms with Gasteiger partial charge < -0.3 is 4.74 Å². The van der Waals surface area contributed by atoms with Crippen LogP contribution in [0.5, 0.6) is 5.75 Å². The van der Waals surface area contributed by atoms with E-state index in [1.165, 1.54) is 24.3 Å². The van der Waals surface area contributed by atoms with Gasteiger partial charge in [-0.25, -0.2) is 9.69 Å². The standard InChI is InChI=1S/C24H17N3O6/c28-22-21(13-17-8-4-11-20(12-17)33-15-16-6-2-1-3-7-16)23(29)26(24(30)25-22)18-9-5-10-19(14-18)27(31)32/h1-14H,15H2,(H,25,28,30)/b21-13-. The van der Waals surface area contributed by atoms with Gasteiger partial charge in [-0.3, -0.25) is 25.0 Å². The van der Waals surface area contributed by atoms with Gasteiger partial charge in [0.05, 0.1) is 10.6 Å². The highest BCUT2D eigenvalue weighted by Crippen LogP contribution is 2.26. The van der Waals surface area contributed by atoms with Gasteiger partial charge in [-0.05, 0) is 35.4 Å². The Morgan fingerprint density at radius 1 is 0.939 bits per heavy atom. The van der Waals surface area contributed by atoms with Crippen LogP contribution < -0.4 is 15.0 Å². The SMILES string of the molecule is O=C1NC(=O)N(c2cccc([N+](=O)[O-])c2)C(=O)/C1=C\c1cccc(OCc2ccccc2)c1. The molecule has 1 heterocycles. The molecule has 1 saturated heterocycles. The molecule has 0 atom stereocenters. The number of amides is 4. The molecule has 1 fully saturated rings. The first kappa shape index (κ1) is 21.4. The number of hydrogen-bond acceptors (Lipinski definition) is 6. The highest BCUT2D eigenvalue weighted by Gasteiger charge is 2.37. The smallest absolute Gasteiger partial charge is 0.335 e. The van der Waals surface area contributed by atoms with E-state index in [9.17, 15) is 24.5 Å². The molecule has 4 rings (SSSR count). The molecule has 0 aliphatic carbocycles. The zero-order valence-corrected chi connectivity index (χ0v) is 17.1. The highest BCUT2D eigenvalue weighted by atomic mass is 16.6. The number of imide groups is 2. The predicted octanol–water partition coefficient (Wildman–Crippen LogP) is 3.84. The molecule has 4 amide bonds. The van der Waals surface area contributed by atoms with Crippen LogP contribution in [0, 0.1) is 10.1 Å². The molecule has 0 bridgehead atoms. The van der Waals surface area contributed by atoms with Crippen molar-refractivity contribution in [2.24, 2.45) is 0 Å². The van der Waals surface area contributed by atoms with Crippen LogP contribution in [0.3, 0.4) is 0 Å². The zero-order valence-electron chi connectivity index (χ0n) is 17.1. The number of nitrogens with one attached hydrogen (secondary N) is 1. The Morgan fingerprint density at radius 2 is 1.70 bits per heavy atom. The minimum atomic E-state index is -0.984. The zero-order chi connectivity index (χ0) is 23.4. The first-order chi connectivity index (χ1) is 15.9. The number of non-ortho nitro benzene ring substituents is 1. The van der Waals surface area contributed by atoms with Crippen LogP contribution in [0.25, 0.3) is 6.08 Å². The first-order valence-corrected chi connectivity index (χ1v) is 9.85. The molecule has 0 aromatic heterocycles. The van der Waals surface area contributed by atoms with E-state index in [1.807, 2.05) is 30.3 Å². The first-order valence-electron chi connectivity index (χ1n) is 9.85. The molecule has 1 aliphatic rings. The largest absolute Gasteiger partial charge is 0.489 e. The van der Waals surface area contributed by atoms with E-state index in [-0.39, 0.29) is 16.9 Å². The summed E-state index contributed by atoms with van der Waals surface area (Å²) in [5.41, 5.74) is 0.881. The average molecular weight is 443 g/mol. The van der Waals surface area contributed by atoms with Crippen LogP contribution in [0.1, 0.15) is 11.1 Å². The van der Waals surface area contributed by atoms with Gasteiger partial charge in [0.2, 0.25) is 0 Å². The van der Waals surface area contributed by atoms with Crippen LogP contribution in [-0.2, 0) is 16.2 Å². The molecule has 0 saturated carbocycles. The third-order valence-electron chi connectivity index (χ3n) is 4.82. The Balaban J connectivity index is 1.60. The van der Waals surface area contributed by atoms with Crippen molar-refractivity contribution in [3.05, 3.63) is 106 Å². The summed E-state index contributed by atoms with van der Waals surface area (Å²) in [6.45, 7) is 0.343. The number of nitro benzene ring substituents is 1. The molecule has 0 unspecified atom stereocenters. The monoisotopic (exact) mass is 443 g/mol. The number of barbiturate groups is 1. The summed E-state index contributed by atoms with van der Waals surface area (Å²) >= 11 is 0. The van der Waals surface area contributed by atoms with Gasteiger partial charge in [0.15, 0.2) is 0 Å². The van der Waals surface area contributed by atoms with E-state index in [0.29, 0.717) is 22.8 Å². The minimum absolute atomic E-state index is 0.0231. The summed E-state index contributed by atoms with van der Waals surface area (Å²) in [6, 6.07) is 20.4. The van der Waals surface area contributed by atoms with Crippen molar-refractivity contribution < 1.29 is 24.0 Å². The van der Waals surface area contributed by atoms with Gasteiger partial charge in [-0.1, -0.05) is 48.5 Å². The van der Waals surface area contributed by atoms with E-state index < -0.39 is 22.8 Å². The lowest BCUT2D eigenvalue weighted by Crippen LogP contribution is -2.54. The number of benzene rings is 3. The number of ether oxygens (including phenoxy) is 1. The van der Waals surface area contributed by atoms with E-state index >= 15 is 0 Å². The highest BCUT2D eigenvalue weighted by molar-refractivity contribution is 6.39. The third kappa shape index (κ3) is 4.77. The topological polar surface area (TPSA) is 119 Å². The van der Waals surface area contributed by atoms with Crippen molar-refractivity contribution in [1.82, 2.24) is 5.32 Å². The molecule has 9 nitrogen and oxygen atoms in total. The van der Waals surface area contributed by atoms with Crippen molar-refractivity contribution in [2.75, 3.05) is 4.90 Å². The number of carbonyl (C=O) groups is 3. The van der Waals surface area contributed by atoms with Crippen LogP contribution in [0.2, 0.25) is 0 Å². The summed E-state index contributed by atoms with van der Waals surface area (Å²) in [4.78, 5) is 48.8. The molecule has 3 aromatic rings. The summed E-state index contributed by atoms with van der Waals surface area (Å²) in [7, 11) is 0. The number of urea groups is 1. The molecule has 0 spiro atoms. The van der Waals surface area contributed by atoms with Crippen LogP contribution in [0.15, 0.2) is 84.4 Å². The Hall–Kier alpha value is -4.79. The Kier molecular flexibility index (Phi) is 5.94. The normalized spacial score (nSPS) is 14.8. The van der Waals surface area contributed by atoms with Gasteiger partial charge in [0, 0.05) is 12.1 Å². The molecule has 1 N–H and O–H groups in total. The number of nitro groups is 1. The molecule has 0 radical (unpaired) electrons. The Bertz CT molecular complexity index is 1290. The molecule has 1 aliphatic heterocycles. The predicted molar refractivity (Wildman–Crippen MR) is 119 cm³/mol. The van der Waals surface area contributed by atoms with Gasteiger partial charge in [-0.2, -0.15) is 0 Å². The van der Waals surface area contributed by atoms with Crippen LogP contribution in [0.4, 0.5) is 16.2 Å². The Labute approximate surface area is 188 Å². The second-order valence-corrected chi connectivity index (χ2v) is 7.08. The lowest BCUT2D eigenvalue weighted by Gasteiger charge is -2.26. The van der Waals surface area contributed by atoms with Crippen molar-refractivity contribution in [3.63, 3.8) is 0 Å². The maximum absolute atomic E-state index is 13.0. The minimum Gasteiger partial charge on any atom is -0.489 e. The summed E-state index contributed by atoms with van der Waals surface area (Å²) in [6.07, 6.45) is 1.34. The lowest BCUT2D eigenvalue weighted by molar-refractivity contribution is -0.384. The van der Waals surface area contributed by atoms with Gasteiger partial charge >= 0.3 is 6.03 Å².